The van der Waals surface area contributed by atoms with Gasteiger partial charge in [0.2, 0.25) is 0 Å². The van der Waals surface area contributed by atoms with Gasteiger partial charge in [0.25, 0.3) is 10.0 Å². The molecule has 0 amide bonds. The molecule has 0 unspecified atom stereocenters. The molecule has 0 aliphatic carbocycles. The van der Waals surface area contributed by atoms with Crippen LogP contribution >= 0.6 is 43.5 Å². The minimum atomic E-state index is -3.81. The average Bonchev–Trinajstić information content (AvgIpc) is 2.34. The zero-order valence-corrected chi connectivity index (χ0v) is 14.4. The van der Waals surface area contributed by atoms with E-state index in [4.69, 9.17) is 11.6 Å². The van der Waals surface area contributed by atoms with Gasteiger partial charge in [0.1, 0.15) is 5.82 Å². The summed E-state index contributed by atoms with van der Waals surface area (Å²) in [5.41, 5.74) is 0.0908. The molecule has 2 aromatic rings. The van der Waals surface area contributed by atoms with Gasteiger partial charge in [-0.1, -0.05) is 33.6 Å². The predicted octanol–water partition coefficient (Wildman–Crippen LogP) is 4.80. The molecule has 0 spiro atoms. The molecule has 0 aliphatic rings. The molecule has 0 atom stereocenters. The zero-order chi connectivity index (χ0) is 14.9. The summed E-state index contributed by atoms with van der Waals surface area (Å²) in [7, 11) is -3.81. The molecule has 8 heteroatoms. The first-order valence-electron chi connectivity index (χ1n) is 5.22. The number of hydrogen-bond acceptors (Lipinski definition) is 2. The fourth-order valence-corrected chi connectivity index (χ4v) is 4.25. The Bertz CT molecular complexity index is 745. The van der Waals surface area contributed by atoms with Crippen LogP contribution < -0.4 is 4.72 Å². The van der Waals surface area contributed by atoms with Crippen molar-refractivity contribution < 1.29 is 12.8 Å². The molecule has 2 aromatic carbocycles. The van der Waals surface area contributed by atoms with Gasteiger partial charge < -0.3 is 0 Å². The van der Waals surface area contributed by atoms with Gasteiger partial charge in [0, 0.05) is 8.95 Å². The first kappa shape index (κ1) is 15.8. The molecule has 0 radical (unpaired) electrons. The van der Waals surface area contributed by atoms with Crippen molar-refractivity contribution in [3.05, 3.63) is 56.2 Å². The van der Waals surface area contributed by atoms with Gasteiger partial charge in [-0.3, -0.25) is 4.72 Å². The Hall–Kier alpha value is -0.630. The highest BCUT2D eigenvalue weighted by Crippen LogP contribution is 2.33. The molecule has 20 heavy (non-hydrogen) atoms. The van der Waals surface area contributed by atoms with E-state index in [1.807, 2.05) is 0 Å². The van der Waals surface area contributed by atoms with Crippen LogP contribution in [0.25, 0.3) is 0 Å². The van der Waals surface area contributed by atoms with E-state index in [0.717, 1.165) is 12.1 Å². The lowest BCUT2D eigenvalue weighted by Crippen LogP contribution is -2.13. The lowest BCUT2D eigenvalue weighted by atomic mass is 10.3. The molecule has 0 saturated carbocycles. The second-order valence-electron chi connectivity index (χ2n) is 3.81. The van der Waals surface area contributed by atoms with E-state index in [1.54, 1.807) is 12.1 Å². The molecule has 0 fully saturated rings. The van der Waals surface area contributed by atoms with Gasteiger partial charge in [0.15, 0.2) is 0 Å². The average molecular weight is 444 g/mol. The summed E-state index contributed by atoms with van der Waals surface area (Å²) >= 11 is 12.1. The van der Waals surface area contributed by atoms with E-state index in [1.165, 1.54) is 12.1 Å². The van der Waals surface area contributed by atoms with Gasteiger partial charge >= 0.3 is 0 Å². The molecule has 1 N–H and O–H groups in total. The predicted molar refractivity (Wildman–Crippen MR) is 84.1 cm³/mol. The van der Waals surface area contributed by atoms with Crippen molar-refractivity contribution in [2.24, 2.45) is 0 Å². The number of hydrogen-bond donors (Lipinski definition) is 1. The molecule has 106 valence electrons. The van der Waals surface area contributed by atoms with Crippen molar-refractivity contribution in [3.8, 4) is 0 Å². The van der Waals surface area contributed by atoms with Crippen LogP contribution in [0.5, 0.6) is 0 Å². The maximum absolute atomic E-state index is 13.1. The Labute approximate surface area is 137 Å². The molecule has 0 saturated heterocycles. The summed E-state index contributed by atoms with van der Waals surface area (Å²) in [4.78, 5) is 0.0687. The van der Waals surface area contributed by atoms with Crippen molar-refractivity contribution in [1.82, 2.24) is 0 Å². The van der Waals surface area contributed by atoms with Crippen molar-refractivity contribution >= 4 is 59.2 Å². The van der Waals surface area contributed by atoms with Crippen LogP contribution in [0.4, 0.5) is 10.1 Å². The maximum Gasteiger partial charge on any atom is 0.262 e. The number of anilines is 1. The molecule has 0 aliphatic heterocycles. The third-order valence-electron chi connectivity index (χ3n) is 2.35. The van der Waals surface area contributed by atoms with Crippen molar-refractivity contribution in [1.29, 1.82) is 0 Å². The summed E-state index contributed by atoms with van der Waals surface area (Å²) in [5, 5.41) is -0.0320. The summed E-state index contributed by atoms with van der Waals surface area (Å²) in [6.45, 7) is 0. The summed E-state index contributed by atoms with van der Waals surface area (Å²) in [6.07, 6.45) is 0. The third-order valence-corrected chi connectivity index (χ3v) is 5.11. The van der Waals surface area contributed by atoms with E-state index in [2.05, 4.69) is 36.6 Å². The Morgan fingerprint density at radius 3 is 2.45 bits per heavy atom. The fourth-order valence-electron chi connectivity index (χ4n) is 1.47. The van der Waals surface area contributed by atoms with Crippen LogP contribution in [0.2, 0.25) is 5.02 Å². The van der Waals surface area contributed by atoms with Gasteiger partial charge in [-0.2, -0.15) is 0 Å². The van der Waals surface area contributed by atoms with Crippen LogP contribution in [0.1, 0.15) is 0 Å². The quantitative estimate of drug-likeness (QED) is 0.741. The normalized spacial score (nSPS) is 11.4. The Balaban J connectivity index is 2.44. The SMILES string of the molecule is O=S(=O)(Nc1c(Cl)cc(F)cc1Br)c1cccc(Br)c1. The summed E-state index contributed by atoms with van der Waals surface area (Å²) < 4.78 is 40.8. The molecule has 0 aromatic heterocycles. The minimum Gasteiger partial charge on any atom is -0.277 e. The van der Waals surface area contributed by atoms with Crippen LogP contribution in [0.3, 0.4) is 0 Å². The standard InChI is InChI=1S/C12H7Br2ClFNO2S/c13-7-2-1-3-9(4-7)20(18,19)17-12-10(14)5-8(16)6-11(12)15/h1-6,17H. The van der Waals surface area contributed by atoms with Crippen LogP contribution in [0, 0.1) is 5.82 Å². The van der Waals surface area contributed by atoms with Gasteiger partial charge in [-0.05, 0) is 46.3 Å². The van der Waals surface area contributed by atoms with E-state index < -0.39 is 15.8 Å². The second-order valence-corrected chi connectivity index (χ2v) is 7.67. The lowest BCUT2D eigenvalue weighted by molar-refractivity contribution is 0.601. The molecule has 0 heterocycles. The molecular weight excluding hydrogens is 436 g/mol. The highest BCUT2D eigenvalue weighted by Gasteiger charge is 2.18. The Morgan fingerprint density at radius 1 is 1.15 bits per heavy atom. The summed E-state index contributed by atoms with van der Waals surface area (Å²) in [6, 6.07) is 8.36. The van der Waals surface area contributed by atoms with E-state index in [0.29, 0.717) is 4.47 Å². The largest absolute Gasteiger partial charge is 0.277 e. The van der Waals surface area contributed by atoms with E-state index in [-0.39, 0.29) is 20.1 Å². The van der Waals surface area contributed by atoms with Gasteiger partial charge in [0.05, 0.1) is 15.6 Å². The van der Waals surface area contributed by atoms with Crippen molar-refractivity contribution in [2.45, 2.75) is 4.90 Å². The third kappa shape index (κ3) is 3.52. The molecule has 0 bridgehead atoms. The van der Waals surface area contributed by atoms with Crippen molar-refractivity contribution in [3.63, 3.8) is 0 Å². The first-order valence-corrected chi connectivity index (χ1v) is 8.67. The Morgan fingerprint density at radius 2 is 1.85 bits per heavy atom. The highest BCUT2D eigenvalue weighted by atomic mass is 79.9. The highest BCUT2D eigenvalue weighted by molar-refractivity contribution is 9.10. The monoisotopic (exact) mass is 441 g/mol. The van der Waals surface area contributed by atoms with Gasteiger partial charge in [-0.15, -0.1) is 0 Å². The maximum atomic E-state index is 13.1. The zero-order valence-electron chi connectivity index (χ0n) is 9.70. The van der Waals surface area contributed by atoms with Crippen LogP contribution in [0.15, 0.2) is 50.2 Å². The van der Waals surface area contributed by atoms with E-state index >= 15 is 0 Å². The topological polar surface area (TPSA) is 46.2 Å². The fraction of sp³-hybridized carbons (Fsp3) is 0. The van der Waals surface area contributed by atoms with Crippen LogP contribution in [-0.4, -0.2) is 8.42 Å². The summed E-state index contributed by atoms with van der Waals surface area (Å²) in [5.74, 6) is -0.563. The first-order chi connectivity index (χ1) is 9.29. The lowest BCUT2D eigenvalue weighted by Gasteiger charge is -2.11. The number of rotatable bonds is 3. The number of benzene rings is 2. The number of nitrogens with one attached hydrogen (secondary N) is 1. The smallest absolute Gasteiger partial charge is 0.262 e. The molecular formula is C12H7Br2ClFNO2S. The second kappa shape index (κ2) is 6.01. The molecule has 3 nitrogen and oxygen atoms in total. The molecule has 2 rings (SSSR count). The Kier molecular flexibility index (Phi) is 4.73. The van der Waals surface area contributed by atoms with Crippen molar-refractivity contribution in [2.75, 3.05) is 4.72 Å². The minimum absolute atomic E-state index is 0.0320. The van der Waals surface area contributed by atoms with Gasteiger partial charge in [-0.25, -0.2) is 12.8 Å². The van der Waals surface area contributed by atoms with E-state index in [9.17, 15) is 12.8 Å². The van der Waals surface area contributed by atoms with Crippen LogP contribution in [-0.2, 0) is 10.0 Å². The number of sulfonamides is 1. The number of halogens is 4.